The number of likely N-dealkylation sites (tertiary alicyclic amines) is 1. The van der Waals surface area contributed by atoms with Crippen molar-refractivity contribution in [1.82, 2.24) is 19.8 Å². The van der Waals surface area contributed by atoms with Gasteiger partial charge in [0, 0.05) is 35.4 Å². The van der Waals surface area contributed by atoms with Gasteiger partial charge in [-0.2, -0.15) is 0 Å². The van der Waals surface area contributed by atoms with E-state index in [1.165, 1.54) is 29.3 Å². The van der Waals surface area contributed by atoms with E-state index in [0.29, 0.717) is 23.8 Å². The van der Waals surface area contributed by atoms with Crippen molar-refractivity contribution in [2.75, 3.05) is 33.0 Å². The van der Waals surface area contributed by atoms with E-state index in [9.17, 15) is 19.5 Å². The number of amidine groups is 1. The summed E-state index contributed by atoms with van der Waals surface area (Å²) in [6.07, 6.45) is 5.06. The van der Waals surface area contributed by atoms with Gasteiger partial charge >= 0.3 is 5.97 Å². The summed E-state index contributed by atoms with van der Waals surface area (Å²) in [7, 11) is 3.39. The smallest absolute Gasteiger partial charge is 0.352 e. The molecule has 38 heavy (non-hydrogen) atoms. The van der Waals surface area contributed by atoms with Crippen LogP contribution in [0.25, 0.3) is 0 Å². The Bertz CT molecular complexity index is 1250. The fourth-order valence-electron chi connectivity index (χ4n) is 5.01. The molecule has 3 unspecified atom stereocenters. The second kappa shape index (κ2) is 10.9. The van der Waals surface area contributed by atoms with Gasteiger partial charge in [-0.15, -0.1) is 11.8 Å². The van der Waals surface area contributed by atoms with E-state index in [0.717, 1.165) is 31.5 Å². The molecule has 5 rings (SSSR count). The van der Waals surface area contributed by atoms with Gasteiger partial charge in [0.25, 0.3) is 11.8 Å². The molecule has 0 spiro atoms. The lowest BCUT2D eigenvalue weighted by molar-refractivity contribution is -0.689. The molecule has 1 aromatic rings. The minimum Gasteiger partial charge on any atom is -0.477 e. The lowest BCUT2D eigenvalue weighted by Crippen LogP contribution is -2.71. The number of carbonyl (C=O) groups is 3. The number of carbonyl (C=O) groups excluding carboxylic acids is 2. The van der Waals surface area contributed by atoms with Gasteiger partial charge in [0.1, 0.15) is 24.2 Å². The Balaban J connectivity index is 1.31. The zero-order valence-electron chi connectivity index (χ0n) is 20.9. The van der Waals surface area contributed by atoms with Crippen molar-refractivity contribution in [1.29, 1.82) is 0 Å². The van der Waals surface area contributed by atoms with Crippen molar-refractivity contribution >= 4 is 53.0 Å². The predicted molar refractivity (Wildman–Crippen MR) is 142 cm³/mol. The second-order valence-corrected chi connectivity index (χ2v) is 11.4. The van der Waals surface area contributed by atoms with Crippen LogP contribution in [0, 0.1) is 0 Å². The lowest BCUT2D eigenvalue weighted by Gasteiger charge is -2.49. The quantitative estimate of drug-likeness (QED) is 0.102. The summed E-state index contributed by atoms with van der Waals surface area (Å²) in [5, 5.41) is 15.9. The lowest BCUT2D eigenvalue weighted by atomic mass is 10.00. The number of aliphatic imine (C=N–C) groups is 1. The Hall–Kier alpha value is -3.14. The van der Waals surface area contributed by atoms with Crippen molar-refractivity contribution < 1.29 is 28.9 Å². The highest BCUT2D eigenvalue weighted by molar-refractivity contribution is 8.00. The van der Waals surface area contributed by atoms with Gasteiger partial charge in [0.05, 0.1) is 0 Å². The molecule has 5 N–H and O–H groups in total. The molecule has 0 saturated carbocycles. The van der Waals surface area contributed by atoms with Gasteiger partial charge in [-0.3, -0.25) is 20.2 Å². The molecule has 5 heterocycles. The molecule has 2 saturated heterocycles. The standard InChI is InChI=1S/C23H28N8O5S2/c1-29-7-5-13(8-29)12-4-3-6-30(9-12)10-14-11-37-21-16(20(33)31(21)17(14)22(34)35)25-19(32)15(27-36-2)18-26-23(24)38-28-18/h3-4,6,9,13,16,21,23H,5,7-8,10-11,24H2,1-2H3,(H2-,25,26,28,32,34,35)/p+1/b27-15-/t13?,16-,21?,23?/m1/s1. The van der Waals surface area contributed by atoms with E-state index in [1.807, 2.05) is 16.8 Å². The van der Waals surface area contributed by atoms with Crippen LogP contribution in [-0.2, 0) is 25.8 Å². The molecule has 4 aliphatic heterocycles. The minimum absolute atomic E-state index is 0.0299. The summed E-state index contributed by atoms with van der Waals surface area (Å²) in [6, 6.07) is 3.16. The molecular formula is C23H29N8O5S2+. The van der Waals surface area contributed by atoms with Gasteiger partial charge in [0.2, 0.25) is 5.71 Å². The molecule has 0 bridgehead atoms. The molecule has 13 nitrogen and oxygen atoms in total. The Kier molecular flexibility index (Phi) is 7.61. The zero-order chi connectivity index (χ0) is 27.0. The third-order valence-electron chi connectivity index (χ3n) is 6.81. The number of pyridine rings is 1. The zero-order valence-corrected chi connectivity index (χ0v) is 22.5. The van der Waals surface area contributed by atoms with E-state index < -0.39 is 34.7 Å². The number of carboxylic acids is 1. The van der Waals surface area contributed by atoms with Crippen LogP contribution in [-0.4, -0.2) is 94.2 Å². The molecule has 1 aromatic heterocycles. The van der Waals surface area contributed by atoms with Gasteiger partial charge in [-0.1, -0.05) is 5.16 Å². The van der Waals surface area contributed by atoms with Crippen molar-refractivity contribution in [3.05, 3.63) is 41.4 Å². The van der Waals surface area contributed by atoms with Crippen LogP contribution >= 0.6 is 23.7 Å². The van der Waals surface area contributed by atoms with Gasteiger partial charge in [0.15, 0.2) is 30.3 Å². The second-order valence-electron chi connectivity index (χ2n) is 9.39. The SMILES string of the molecule is CO/N=C(\C(=O)N[C@@H]1C(=O)N2C(C(=O)O)=C(C[n+]3cccc(C4CCN(C)C4)c3)CSC12)C1=NC(N)SN1. The molecule has 15 heteroatoms. The maximum Gasteiger partial charge on any atom is 0.352 e. The number of amides is 2. The average molecular weight is 562 g/mol. The number of fused-ring (bicyclic) bond motifs is 1. The highest BCUT2D eigenvalue weighted by Crippen LogP contribution is 2.40. The topological polar surface area (TPSA) is 166 Å². The molecule has 4 aliphatic rings. The number of β-lactam (4-membered cyclic amide) rings is 1. The monoisotopic (exact) mass is 561 g/mol. The van der Waals surface area contributed by atoms with Crippen LogP contribution in [0.1, 0.15) is 17.9 Å². The number of nitrogens with two attached hydrogens (primary N) is 1. The van der Waals surface area contributed by atoms with Gasteiger partial charge in [-0.05, 0) is 38.0 Å². The number of hydrogen-bond donors (Lipinski definition) is 4. The number of aromatic nitrogens is 1. The number of nitrogens with zero attached hydrogens (tertiary/aromatic N) is 5. The van der Waals surface area contributed by atoms with Crippen molar-refractivity contribution in [2.24, 2.45) is 15.9 Å². The predicted octanol–water partition coefficient (Wildman–Crippen LogP) is -0.974. The molecule has 0 aromatic carbocycles. The van der Waals surface area contributed by atoms with E-state index >= 15 is 0 Å². The largest absolute Gasteiger partial charge is 0.477 e. The fraction of sp³-hybridized carbons (Fsp3) is 0.478. The Morgan fingerprint density at radius 1 is 1.45 bits per heavy atom. The third kappa shape index (κ3) is 5.10. The van der Waals surface area contributed by atoms with Crippen molar-refractivity contribution in [2.45, 2.75) is 35.8 Å². The van der Waals surface area contributed by atoms with Crippen LogP contribution in [0.3, 0.4) is 0 Å². The highest BCUT2D eigenvalue weighted by atomic mass is 32.2. The summed E-state index contributed by atoms with van der Waals surface area (Å²) in [4.78, 5) is 50.7. The number of aliphatic carboxylic acids is 1. The highest BCUT2D eigenvalue weighted by Gasteiger charge is 2.55. The molecule has 4 atom stereocenters. The van der Waals surface area contributed by atoms with E-state index in [2.05, 4.69) is 44.4 Å². The Labute approximate surface area is 227 Å². The first-order chi connectivity index (χ1) is 18.3. The van der Waals surface area contributed by atoms with Crippen LogP contribution in [0.2, 0.25) is 0 Å². The van der Waals surface area contributed by atoms with Gasteiger partial charge < -0.3 is 24.9 Å². The van der Waals surface area contributed by atoms with Crippen LogP contribution in [0.4, 0.5) is 0 Å². The average Bonchev–Trinajstić information content (AvgIpc) is 3.53. The molecule has 2 amide bonds. The fourth-order valence-corrected chi connectivity index (χ4v) is 6.89. The molecule has 0 aliphatic carbocycles. The van der Waals surface area contributed by atoms with E-state index in [-0.39, 0.29) is 17.2 Å². The van der Waals surface area contributed by atoms with E-state index in [4.69, 9.17) is 10.6 Å². The third-order valence-corrected chi connectivity index (χ3v) is 8.81. The summed E-state index contributed by atoms with van der Waals surface area (Å²) < 4.78 is 4.78. The normalized spacial score (nSPS) is 27.4. The summed E-state index contributed by atoms with van der Waals surface area (Å²) in [5.41, 5.74) is 6.79. The molecule has 2 fully saturated rings. The van der Waals surface area contributed by atoms with Crippen molar-refractivity contribution in [3.63, 3.8) is 0 Å². The number of rotatable bonds is 8. The van der Waals surface area contributed by atoms with E-state index in [1.54, 1.807) is 0 Å². The first-order valence-electron chi connectivity index (χ1n) is 12.0. The van der Waals surface area contributed by atoms with Gasteiger partial charge in [-0.25, -0.2) is 14.4 Å². The summed E-state index contributed by atoms with van der Waals surface area (Å²) in [6.45, 7) is 2.40. The molecular weight excluding hydrogens is 532 g/mol. The number of thioether (sulfide) groups is 1. The first kappa shape index (κ1) is 26.5. The first-order valence-corrected chi connectivity index (χ1v) is 13.9. The maximum atomic E-state index is 13.1. The van der Waals surface area contributed by atoms with Crippen LogP contribution < -0.4 is 20.3 Å². The summed E-state index contributed by atoms with van der Waals surface area (Å²) >= 11 is 2.51. The maximum absolute atomic E-state index is 13.1. The number of carboxylic acid groups (broad SMARTS) is 1. The summed E-state index contributed by atoms with van der Waals surface area (Å²) in [5.74, 6) is -1.36. The number of likely N-dealkylation sites (N-methyl/N-ethyl adjacent to an activating group) is 1. The molecule has 202 valence electrons. The van der Waals surface area contributed by atoms with Crippen LogP contribution in [0.15, 0.2) is 45.9 Å². The van der Waals surface area contributed by atoms with Crippen LogP contribution in [0.5, 0.6) is 0 Å². The minimum atomic E-state index is -1.17. The number of hydrogen-bond acceptors (Lipinski definition) is 11. The Morgan fingerprint density at radius 3 is 2.92 bits per heavy atom. The Morgan fingerprint density at radius 2 is 2.26 bits per heavy atom. The number of nitrogens with one attached hydrogen (secondary N) is 2. The number of oxime groups is 1. The molecule has 0 radical (unpaired) electrons. The van der Waals surface area contributed by atoms with Crippen molar-refractivity contribution in [3.8, 4) is 0 Å².